The van der Waals surface area contributed by atoms with Crippen LogP contribution in [0.15, 0.2) is 0 Å². The fraction of sp³-hybridized carbons (Fsp3) is 0.833. The van der Waals surface area contributed by atoms with E-state index in [2.05, 4.69) is 0 Å². The maximum absolute atomic E-state index is 11.7. The molecule has 0 aliphatic carbocycles. The molecule has 0 radical (unpaired) electrons. The standard InChI is InChI=1S/C12H20O4Se/c1-3-15-11(13)10(12(14)16-4-2)8-9-6-5-7-17-9/h9-10H,3-8H2,1-2H3. The Morgan fingerprint density at radius 1 is 1.24 bits per heavy atom. The van der Waals surface area contributed by atoms with Gasteiger partial charge in [-0.2, -0.15) is 0 Å². The molecule has 0 aromatic heterocycles. The fourth-order valence-electron chi connectivity index (χ4n) is 1.87. The van der Waals surface area contributed by atoms with E-state index in [0.717, 1.165) is 6.42 Å². The molecule has 1 aliphatic rings. The van der Waals surface area contributed by atoms with Gasteiger partial charge >= 0.3 is 108 Å². The Hall–Kier alpha value is -0.541. The summed E-state index contributed by atoms with van der Waals surface area (Å²) in [7, 11) is 0. The van der Waals surface area contributed by atoms with Gasteiger partial charge in [0.1, 0.15) is 0 Å². The molecule has 17 heavy (non-hydrogen) atoms. The first-order valence-corrected chi connectivity index (χ1v) is 8.33. The third kappa shape index (κ3) is 4.68. The molecule has 1 atom stereocenters. The van der Waals surface area contributed by atoms with Crippen molar-refractivity contribution in [3.63, 3.8) is 0 Å². The van der Waals surface area contributed by atoms with Gasteiger partial charge in [0.15, 0.2) is 0 Å². The molecule has 0 saturated carbocycles. The van der Waals surface area contributed by atoms with E-state index in [-0.39, 0.29) is 0 Å². The molecule has 0 N–H and O–H groups in total. The average molecular weight is 307 g/mol. The molecular weight excluding hydrogens is 287 g/mol. The summed E-state index contributed by atoms with van der Waals surface area (Å²) < 4.78 is 9.90. The second-order valence-corrected chi connectivity index (χ2v) is 6.88. The number of rotatable bonds is 6. The number of ether oxygens (including phenoxy) is 2. The monoisotopic (exact) mass is 308 g/mol. The molecule has 1 aliphatic heterocycles. The van der Waals surface area contributed by atoms with Crippen molar-refractivity contribution in [1.82, 2.24) is 0 Å². The van der Waals surface area contributed by atoms with E-state index in [4.69, 9.17) is 9.47 Å². The first kappa shape index (κ1) is 14.5. The Morgan fingerprint density at radius 3 is 2.24 bits per heavy atom. The Labute approximate surface area is 109 Å². The number of esters is 2. The van der Waals surface area contributed by atoms with E-state index in [1.54, 1.807) is 13.8 Å². The van der Waals surface area contributed by atoms with Crippen molar-refractivity contribution >= 4 is 26.9 Å². The molecule has 4 nitrogen and oxygen atoms in total. The van der Waals surface area contributed by atoms with Crippen molar-refractivity contribution in [2.45, 2.75) is 43.2 Å². The molecule has 0 amide bonds. The van der Waals surface area contributed by atoms with Crippen LogP contribution < -0.4 is 0 Å². The van der Waals surface area contributed by atoms with E-state index < -0.39 is 17.9 Å². The SMILES string of the molecule is CCOC(=O)C(CC1CCC[Se]1)C(=O)OCC. The molecule has 0 spiro atoms. The summed E-state index contributed by atoms with van der Waals surface area (Å²) in [4.78, 5) is 24.0. The molecule has 1 saturated heterocycles. The summed E-state index contributed by atoms with van der Waals surface area (Å²) in [6.07, 6.45) is 2.97. The van der Waals surface area contributed by atoms with Crippen LogP contribution in [0.5, 0.6) is 0 Å². The summed E-state index contributed by atoms with van der Waals surface area (Å²) in [5, 5.41) is 1.26. The normalized spacial score (nSPS) is 19.4. The van der Waals surface area contributed by atoms with Gasteiger partial charge in [-0.25, -0.2) is 0 Å². The summed E-state index contributed by atoms with van der Waals surface area (Å²) in [5.41, 5.74) is 0. The van der Waals surface area contributed by atoms with Crippen LogP contribution >= 0.6 is 0 Å². The van der Waals surface area contributed by atoms with Gasteiger partial charge in [-0.05, 0) is 0 Å². The molecule has 0 bridgehead atoms. The first-order chi connectivity index (χ1) is 8.19. The van der Waals surface area contributed by atoms with E-state index in [9.17, 15) is 9.59 Å². The van der Waals surface area contributed by atoms with Gasteiger partial charge in [-0.3, -0.25) is 0 Å². The van der Waals surface area contributed by atoms with E-state index in [1.165, 1.54) is 11.7 Å². The van der Waals surface area contributed by atoms with Crippen molar-refractivity contribution in [3.05, 3.63) is 0 Å². The second-order valence-electron chi connectivity index (χ2n) is 3.93. The van der Waals surface area contributed by atoms with E-state index in [1.807, 2.05) is 0 Å². The summed E-state index contributed by atoms with van der Waals surface area (Å²) in [6, 6.07) is 0. The van der Waals surface area contributed by atoms with Crippen LogP contribution in [0.1, 0.15) is 33.1 Å². The van der Waals surface area contributed by atoms with Crippen molar-refractivity contribution in [2.75, 3.05) is 13.2 Å². The minimum absolute atomic E-state index is 0.310. The fourth-order valence-corrected chi connectivity index (χ4v) is 4.65. The molecular formula is C12H20O4Se. The van der Waals surface area contributed by atoms with Gasteiger partial charge in [0.25, 0.3) is 0 Å². The molecule has 1 unspecified atom stereocenters. The van der Waals surface area contributed by atoms with Gasteiger partial charge in [0.05, 0.1) is 0 Å². The number of carbonyl (C=O) groups is 2. The van der Waals surface area contributed by atoms with Crippen LogP contribution in [-0.4, -0.2) is 40.1 Å². The zero-order valence-electron chi connectivity index (χ0n) is 10.4. The van der Waals surface area contributed by atoms with Gasteiger partial charge in [-0.1, -0.05) is 0 Å². The molecule has 1 heterocycles. The predicted molar refractivity (Wildman–Crippen MR) is 64.9 cm³/mol. The Morgan fingerprint density at radius 2 is 1.82 bits per heavy atom. The molecule has 0 aromatic rings. The molecule has 1 fully saturated rings. The number of carbonyl (C=O) groups excluding carboxylic acids is 2. The average Bonchev–Trinajstić information content (AvgIpc) is 2.79. The zero-order chi connectivity index (χ0) is 12.7. The van der Waals surface area contributed by atoms with Crippen LogP contribution in [0.25, 0.3) is 0 Å². The summed E-state index contributed by atoms with van der Waals surface area (Å²) in [6.45, 7) is 4.12. The Bertz CT molecular complexity index is 243. The van der Waals surface area contributed by atoms with E-state index >= 15 is 0 Å². The predicted octanol–water partition coefficient (Wildman–Crippen LogP) is 1.82. The van der Waals surface area contributed by atoms with Crippen molar-refractivity contribution in [1.29, 1.82) is 0 Å². The van der Waals surface area contributed by atoms with E-state index in [0.29, 0.717) is 39.4 Å². The maximum atomic E-state index is 11.7. The van der Waals surface area contributed by atoms with Gasteiger partial charge in [0, 0.05) is 0 Å². The topological polar surface area (TPSA) is 52.6 Å². The van der Waals surface area contributed by atoms with Crippen molar-refractivity contribution in [2.24, 2.45) is 5.92 Å². The minimum atomic E-state index is -0.708. The van der Waals surface area contributed by atoms with Crippen LogP contribution in [0, 0.1) is 5.92 Å². The second kappa shape index (κ2) is 7.72. The molecule has 98 valence electrons. The van der Waals surface area contributed by atoms with Gasteiger partial charge < -0.3 is 0 Å². The van der Waals surface area contributed by atoms with Crippen molar-refractivity contribution < 1.29 is 19.1 Å². The summed E-state index contributed by atoms with van der Waals surface area (Å²) >= 11 is 0.567. The third-order valence-corrected chi connectivity index (χ3v) is 5.65. The van der Waals surface area contributed by atoms with Crippen LogP contribution in [-0.2, 0) is 19.1 Å². The van der Waals surface area contributed by atoms with Crippen LogP contribution in [0.4, 0.5) is 0 Å². The number of hydrogen-bond acceptors (Lipinski definition) is 4. The van der Waals surface area contributed by atoms with Crippen LogP contribution in [0.3, 0.4) is 0 Å². The molecule has 5 heteroatoms. The number of hydrogen-bond donors (Lipinski definition) is 0. The molecule has 1 rings (SSSR count). The quantitative estimate of drug-likeness (QED) is 0.427. The zero-order valence-corrected chi connectivity index (χ0v) is 12.2. The Kier molecular flexibility index (Phi) is 6.60. The van der Waals surface area contributed by atoms with Crippen molar-refractivity contribution in [3.8, 4) is 0 Å². The van der Waals surface area contributed by atoms with Gasteiger partial charge in [-0.15, -0.1) is 0 Å². The summed E-state index contributed by atoms with van der Waals surface area (Å²) in [5.74, 6) is -1.55. The first-order valence-electron chi connectivity index (χ1n) is 6.13. The molecule has 0 aromatic carbocycles. The third-order valence-electron chi connectivity index (χ3n) is 2.66. The van der Waals surface area contributed by atoms with Gasteiger partial charge in [0.2, 0.25) is 0 Å². The van der Waals surface area contributed by atoms with Crippen LogP contribution in [0.2, 0.25) is 10.1 Å². The Balaban J connectivity index is 2.56.